The summed E-state index contributed by atoms with van der Waals surface area (Å²) >= 11 is 6.37. The van der Waals surface area contributed by atoms with Gasteiger partial charge in [0.2, 0.25) is 0 Å². The summed E-state index contributed by atoms with van der Waals surface area (Å²) in [6, 6.07) is 18.6. The number of anilines is 3. The molecule has 0 saturated heterocycles. The lowest BCUT2D eigenvalue weighted by molar-refractivity contribution is 0.103. The van der Waals surface area contributed by atoms with Gasteiger partial charge in [0.25, 0.3) is 0 Å². The largest absolute Gasteiger partial charge is 0.397 e. The highest BCUT2D eigenvalue weighted by atomic mass is 35.5. The number of hydrogen-bond donors (Lipinski definition) is 2. The van der Waals surface area contributed by atoms with Crippen LogP contribution in [-0.4, -0.2) is 5.78 Å². The Labute approximate surface area is 152 Å². The molecular formula is C21H19ClN2O. The summed E-state index contributed by atoms with van der Waals surface area (Å²) < 4.78 is 0. The maximum Gasteiger partial charge on any atom is 0.194 e. The molecule has 0 radical (unpaired) electrons. The maximum atomic E-state index is 12.7. The number of hydrogen-bond acceptors (Lipinski definition) is 3. The summed E-state index contributed by atoms with van der Waals surface area (Å²) in [5.41, 5.74) is 11.4. The molecule has 0 fully saturated rings. The number of benzene rings is 3. The van der Waals surface area contributed by atoms with Crippen LogP contribution in [0.2, 0.25) is 5.02 Å². The maximum absolute atomic E-state index is 12.7. The van der Waals surface area contributed by atoms with E-state index in [4.69, 9.17) is 17.3 Å². The highest BCUT2D eigenvalue weighted by Gasteiger charge is 2.15. The quantitative estimate of drug-likeness (QED) is 0.481. The van der Waals surface area contributed by atoms with Gasteiger partial charge in [-0.25, -0.2) is 0 Å². The van der Waals surface area contributed by atoms with Crippen LogP contribution in [0.5, 0.6) is 0 Å². The number of nitrogens with two attached hydrogens (primary N) is 1. The molecule has 0 amide bonds. The van der Waals surface area contributed by atoms with Crippen molar-refractivity contribution in [3.05, 3.63) is 87.9 Å². The van der Waals surface area contributed by atoms with Crippen LogP contribution in [0.1, 0.15) is 27.0 Å². The SMILES string of the molecule is Cc1ccc(Nc2ccc(C(=O)c3ccccc3C)c(Cl)c2)c(N)c1. The standard InChI is InChI=1S/C21H19ClN2O/c1-13-7-10-20(19(23)11-13)24-15-8-9-17(18(22)12-15)21(25)16-6-4-3-5-14(16)2/h3-12,24H,23H2,1-2H3. The molecule has 0 aliphatic rings. The minimum atomic E-state index is -0.0792. The highest BCUT2D eigenvalue weighted by molar-refractivity contribution is 6.35. The van der Waals surface area contributed by atoms with E-state index in [2.05, 4.69) is 5.32 Å². The molecule has 3 aromatic carbocycles. The molecule has 3 N–H and O–H groups in total. The number of nitrogens with one attached hydrogen (secondary N) is 1. The van der Waals surface area contributed by atoms with Crippen molar-refractivity contribution in [2.75, 3.05) is 11.1 Å². The number of rotatable bonds is 4. The third kappa shape index (κ3) is 3.67. The molecule has 0 heterocycles. The van der Waals surface area contributed by atoms with E-state index >= 15 is 0 Å². The Morgan fingerprint density at radius 3 is 2.40 bits per heavy atom. The van der Waals surface area contributed by atoms with Crippen molar-refractivity contribution in [1.82, 2.24) is 0 Å². The van der Waals surface area contributed by atoms with E-state index in [1.807, 2.05) is 62.4 Å². The number of ketones is 1. The smallest absolute Gasteiger partial charge is 0.194 e. The van der Waals surface area contributed by atoms with Crippen molar-refractivity contribution in [3.63, 3.8) is 0 Å². The highest BCUT2D eigenvalue weighted by Crippen LogP contribution is 2.28. The van der Waals surface area contributed by atoms with Gasteiger partial charge in [0.05, 0.1) is 16.4 Å². The Morgan fingerprint density at radius 1 is 0.960 bits per heavy atom. The van der Waals surface area contributed by atoms with Crippen molar-refractivity contribution in [1.29, 1.82) is 0 Å². The van der Waals surface area contributed by atoms with E-state index in [1.165, 1.54) is 0 Å². The van der Waals surface area contributed by atoms with Crippen LogP contribution in [0.3, 0.4) is 0 Å². The van der Waals surface area contributed by atoms with Crippen LogP contribution in [0.15, 0.2) is 60.7 Å². The number of carbonyl (C=O) groups is 1. The van der Waals surface area contributed by atoms with Crippen molar-refractivity contribution < 1.29 is 4.79 Å². The van der Waals surface area contributed by atoms with E-state index in [9.17, 15) is 4.79 Å². The molecule has 0 spiro atoms. The first-order chi connectivity index (χ1) is 12.0. The zero-order chi connectivity index (χ0) is 18.0. The number of aryl methyl sites for hydroxylation is 2. The Kier molecular flexibility index (Phi) is 4.77. The average Bonchev–Trinajstić information content (AvgIpc) is 2.57. The van der Waals surface area contributed by atoms with Gasteiger partial charge in [-0.15, -0.1) is 0 Å². The topological polar surface area (TPSA) is 55.1 Å². The average molecular weight is 351 g/mol. The predicted octanol–water partition coefficient (Wildman–Crippen LogP) is 5.51. The van der Waals surface area contributed by atoms with E-state index < -0.39 is 0 Å². The minimum Gasteiger partial charge on any atom is -0.397 e. The third-order valence-electron chi connectivity index (χ3n) is 4.09. The zero-order valence-corrected chi connectivity index (χ0v) is 14.9. The molecule has 3 nitrogen and oxygen atoms in total. The van der Waals surface area contributed by atoms with Crippen LogP contribution in [0, 0.1) is 13.8 Å². The van der Waals surface area contributed by atoms with Gasteiger partial charge >= 0.3 is 0 Å². The molecule has 4 heteroatoms. The zero-order valence-electron chi connectivity index (χ0n) is 14.1. The van der Waals surface area contributed by atoms with Gasteiger partial charge < -0.3 is 11.1 Å². The van der Waals surface area contributed by atoms with Crippen molar-refractivity contribution >= 4 is 34.4 Å². The second-order valence-corrected chi connectivity index (χ2v) is 6.46. The lowest BCUT2D eigenvalue weighted by atomic mass is 9.99. The molecule has 0 aliphatic carbocycles. The van der Waals surface area contributed by atoms with E-state index in [-0.39, 0.29) is 5.78 Å². The second kappa shape index (κ2) is 6.99. The lowest BCUT2D eigenvalue weighted by Crippen LogP contribution is -2.05. The fourth-order valence-electron chi connectivity index (χ4n) is 2.70. The summed E-state index contributed by atoms with van der Waals surface area (Å²) in [6.07, 6.45) is 0. The molecule has 0 aliphatic heterocycles. The Balaban J connectivity index is 1.88. The Hall–Kier alpha value is -2.78. The normalized spacial score (nSPS) is 10.5. The first kappa shape index (κ1) is 17.1. The monoisotopic (exact) mass is 350 g/mol. The Morgan fingerprint density at radius 2 is 1.72 bits per heavy atom. The number of halogens is 1. The number of carbonyl (C=O) groups excluding carboxylic acids is 1. The fourth-order valence-corrected chi connectivity index (χ4v) is 2.97. The van der Waals surface area contributed by atoms with Crippen molar-refractivity contribution in [3.8, 4) is 0 Å². The number of nitrogen functional groups attached to an aromatic ring is 1. The van der Waals surface area contributed by atoms with Crippen LogP contribution in [0.25, 0.3) is 0 Å². The van der Waals surface area contributed by atoms with Crippen LogP contribution in [0.4, 0.5) is 17.1 Å². The first-order valence-electron chi connectivity index (χ1n) is 7.99. The summed E-state index contributed by atoms with van der Waals surface area (Å²) in [5, 5.41) is 3.64. The second-order valence-electron chi connectivity index (χ2n) is 6.05. The molecule has 0 atom stereocenters. The van der Waals surface area contributed by atoms with E-state index in [0.29, 0.717) is 21.8 Å². The van der Waals surface area contributed by atoms with Gasteiger partial charge in [-0.2, -0.15) is 0 Å². The van der Waals surface area contributed by atoms with Crippen LogP contribution in [-0.2, 0) is 0 Å². The minimum absolute atomic E-state index is 0.0792. The molecule has 126 valence electrons. The molecule has 0 bridgehead atoms. The molecular weight excluding hydrogens is 332 g/mol. The lowest BCUT2D eigenvalue weighted by Gasteiger charge is -2.12. The van der Waals surface area contributed by atoms with Crippen LogP contribution < -0.4 is 11.1 Å². The fraction of sp³-hybridized carbons (Fsp3) is 0.0952. The van der Waals surface area contributed by atoms with Gasteiger partial charge in [0, 0.05) is 16.8 Å². The summed E-state index contributed by atoms with van der Waals surface area (Å²) in [7, 11) is 0. The van der Waals surface area contributed by atoms with Gasteiger partial charge in [0.1, 0.15) is 0 Å². The molecule has 25 heavy (non-hydrogen) atoms. The van der Waals surface area contributed by atoms with Crippen LogP contribution >= 0.6 is 11.6 Å². The summed E-state index contributed by atoms with van der Waals surface area (Å²) in [5.74, 6) is -0.0792. The van der Waals surface area contributed by atoms with Gasteiger partial charge in [-0.3, -0.25) is 4.79 Å². The molecule has 0 aromatic heterocycles. The third-order valence-corrected chi connectivity index (χ3v) is 4.40. The summed E-state index contributed by atoms with van der Waals surface area (Å²) in [4.78, 5) is 12.7. The van der Waals surface area contributed by atoms with E-state index in [1.54, 1.807) is 12.1 Å². The van der Waals surface area contributed by atoms with Gasteiger partial charge in [0.15, 0.2) is 5.78 Å². The van der Waals surface area contributed by atoms with Crippen molar-refractivity contribution in [2.24, 2.45) is 0 Å². The molecule has 3 aromatic rings. The molecule has 0 saturated carbocycles. The first-order valence-corrected chi connectivity index (χ1v) is 8.36. The predicted molar refractivity (Wildman–Crippen MR) is 105 cm³/mol. The molecule has 0 unspecified atom stereocenters. The van der Waals surface area contributed by atoms with E-state index in [0.717, 1.165) is 22.5 Å². The van der Waals surface area contributed by atoms with Gasteiger partial charge in [-0.05, 0) is 55.3 Å². The molecule has 3 rings (SSSR count). The van der Waals surface area contributed by atoms with Gasteiger partial charge in [-0.1, -0.05) is 41.9 Å². The summed E-state index contributed by atoms with van der Waals surface area (Å²) in [6.45, 7) is 3.90. The van der Waals surface area contributed by atoms with Crippen molar-refractivity contribution in [2.45, 2.75) is 13.8 Å². The Bertz CT molecular complexity index is 950.